The van der Waals surface area contributed by atoms with E-state index >= 15 is 0 Å². The SMILES string of the molecule is N[C@@H]1C(=O)N2C(C(=O)[O-])=C(C=C3CCN(Cc4cc[n+](CC(=O)Nc5cccc(O)c5)cc4)C3=O)CS[C@H]12.O=C(O)C(F)(F)F. The fourth-order valence-electron chi connectivity index (χ4n) is 4.67. The average Bonchev–Trinajstić information content (AvgIpc) is 3.31. The fraction of sp³-hybridized carbons (Fsp3) is 0.286. The lowest BCUT2D eigenvalue weighted by atomic mass is 10.0. The number of nitrogens with one attached hydrogen (secondary N) is 1. The van der Waals surface area contributed by atoms with Crippen LogP contribution in [-0.4, -0.2) is 79.6 Å². The van der Waals surface area contributed by atoms with Crippen LogP contribution in [0.25, 0.3) is 0 Å². The third-order valence-electron chi connectivity index (χ3n) is 6.83. The largest absolute Gasteiger partial charge is 0.543 e. The molecule has 0 saturated carbocycles. The second-order valence-electron chi connectivity index (χ2n) is 10.0. The molecule has 1 aromatic heterocycles. The zero-order valence-electron chi connectivity index (χ0n) is 23.2. The third-order valence-corrected chi connectivity index (χ3v) is 8.15. The topological polar surface area (TPSA) is 197 Å². The van der Waals surface area contributed by atoms with Crippen LogP contribution in [0.15, 0.2) is 71.7 Å². The monoisotopic (exact) mass is 649 g/mol. The molecule has 2 aromatic rings. The highest BCUT2D eigenvalue weighted by Crippen LogP contribution is 2.40. The van der Waals surface area contributed by atoms with Crippen LogP contribution < -0.4 is 20.7 Å². The Morgan fingerprint density at radius 3 is 2.44 bits per heavy atom. The summed E-state index contributed by atoms with van der Waals surface area (Å²) in [5.74, 6) is -4.75. The van der Waals surface area contributed by atoms with Gasteiger partial charge in [0.15, 0.2) is 12.4 Å². The van der Waals surface area contributed by atoms with Crippen molar-refractivity contribution in [3.8, 4) is 5.75 Å². The van der Waals surface area contributed by atoms with E-state index in [4.69, 9.17) is 15.6 Å². The lowest BCUT2D eigenvalue weighted by Gasteiger charge is -2.49. The summed E-state index contributed by atoms with van der Waals surface area (Å²) in [6, 6.07) is 9.21. The zero-order chi connectivity index (χ0) is 33.1. The van der Waals surface area contributed by atoms with Crippen LogP contribution in [0.3, 0.4) is 0 Å². The van der Waals surface area contributed by atoms with Crippen molar-refractivity contribution < 1.29 is 57.0 Å². The first-order valence-corrected chi connectivity index (χ1v) is 14.2. The summed E-state index contributed by atoms with van der Waals surface area (Å²) in [5, 5.41) is 30.7. The van der Waals surface area contributed by atoms with Crippen LogP contribution in [0.4, 0.5) is 18.9 Å². The highest BCUT2D eigenvalue weighted by atomic mass is 32.2. The maximum atomic E-state index is 13.0. The number of allylic oxidation sites excluding steroid dienone is 1. The predicted octanol–water partition coefficient (Wildman–Crippen LogP) is -0.143. The number of nitrogens with zero attached hydrogens (tertiary/aromatic N) is 3. The molecule has 17 heteroatoms. The van der Waals surface area contributed by atoms with Crippen LogP contribution in [0, 0.1) is 0 Å². The zero-order valence-corrected chi connectivity index (χ0v) is 24.0. The number of β-lactam (4-membered cyclic amide) rings is 1. The number of anilines is 1. The number of aliphatic carboxylic acids is 2. The smallest absolute Gasteiger partial charge is 0.490 e. The molecule has 45 heavy (non-hydrogen) atoms. The molecule has 0 unspecified atom stereocenters. The van der Waals surface area contributed by atoms with Crippen LogP contribution in [-0.2, 0) is 37.1 Å². The van der Waals surface area contributed by atoms with E-state index in [9.17, 15) is 42.6 Å². The molecule has 0 aliphatic carbocycles. The summed E-state index contributed by atoms with van der Waals surface area (Å²) in [4.78, 5) is 61.0. The van der Waals surface area contributed by atoms with E-state index in [1.54, 1.807) is 40.1 Å². The van der Waals surface area contributed by atoms with Gasteiger partial charge in [0.2, 0.25) is 18.4 Å². The Balaban J connectivity index is 0.000000591. The van der Waals surface area contributed by atoms with Crippen LogP contribution >= 0.6 is 11.8 Å². The molecule has 3 aliphatic heterocycles. The number of fused-ring (bicyclic) bond motifs is 1. The van der Waals surface area contributed by atoms with Crippen molar-refractivity contribution in [1.82, 2.24) is 9.80 Å². The Bertz CT molecular complexity index is 1600. The summed E-state index contributed by atoms with van der Waals surface area (Å²) < 4.78 is 33.4. The quantitative estimate of drug-likeness (QED) is 0.178. The number of carbonyl (C=O) groups excluding carboxylic acids is 4. The van der Waals surface area contributed by atoms with E-state index in [-0.39, 0.29) is 29.8 Å². The number of carboxylic acid groups (broad SMARTS) is 2. The van der Waals surface area contributed by atoms with Gasteiger partial charge in [0.1, 0.15) is 17.2 Å². The summed E-state index contributed by atoms with van der Waals surface area (Å²) in [7, 11) is 0. The van der Waals surface area contributed by atoms with Gasteiger partial charge in [0.05, 0.1) is 11.7 Å². The Morgan fingerprint density at radius 1 is 1.18 bits per heavy atom. The summed E-state index contributed by atoms with van der Waals surface area (Å²) >= 11 is 1.37. The number of aromatic hydroxyl groups is 1. The number of rotatable bonds is 7. The maximum absolute atomic E-state index is 13.0. The summed E-state index contributed by atoms with van der Waals surface area (Å²) in [6.45, 7) is 0.906. The number of carbonyl (C=O) groups is 5. The number of hydrogen-bond acceptors (Lipinski definition) is 9. The van der Waals surface area contributed by atoms with Gasteiger partial charge in [-0.3, -0.25) is 19.3 Å². The first-order chi connectivity index (χ1) is 21.1. The minimum Gasteiger partial charge on any atom is -0.543 e. The lowest BCUT2D eigenvalue weighted by Crippen LogP contribution is -2.69. The molecule has 5 N–H and O–H groups in total. The highest BCUT2D eigenvalue weighted by Gasteiger charge is 2.50. The van der Waals surface area contributed by atoms with E-state index in [0.29, 0.717) is 42.1 Å². The van der Waals surface area contributed by atoms with E-state index in [1.165, 1.54) is 23.9 Å². The van der Waals surface area contributed by atoms with Crippen LogP contribution in [0.2, 0.25) is 0 Å². The van der Waals surface area contributed by atoms with Crippen molar-refractivity contribution in [2.45, 2.75) is 37.1 Å². The summed E-state index contributed by atoms with van der Waals surface area (Å²) in [6.07, 6.45) is 0.427. The van der Waals surface area contributed by atoms with Crippen molar-refractivity contribution in [2.24, 2.45) is 5.73 Å². The molecule has 2 saturated heterocycles. The minimum atomic E-state index is -5.08. The number of halogens is 3. The molecule has 0 spiro atoms. The molecule has 13 nitrogen and oxygen atoms in total. The van der Waals surface area contributed by atoms with Gasteiger partial charge in [0, 0.05) is 48.3 Å². The number of phenols is 1. The standard InChI is InChI=1S/C26H25N5O6S.C2HF3O2/c27-21-24(35)31-22(26(36)37)17(14-38-25(21)31)10-16-6-9-30(23(16)34)12-15-4-7-29(8-5-15)13-20(33)28-18-2-1-3-19(32)11-18;3-2(4,5)1(6)7/h1-5,7-8,10-11,21,25H,6,9,12-14,27H2,(H2-,28,32,33,36,37);(H,6,7)/t21-,25-;/m1./s1. The van der Waals surface area contributed by atoms with Crippen LogP contribution in [0.1, 0.15) is 12.0 Å². The first-order valence-electron chi connectivity index (χ1n) is 13.2. The molecule has 0 radical (unpaired) electrons. The molecule has 4 heterocycles. The molecular formula is C28H26F3N5O8S. The van der Waals surface area contributed by atoms with E-state index in [0.717, 1.165) is 10.5 Å². The number of hydrogen-bond donors (Lipinski definition) is 4. The molecule has 2 fully saturated rings. The van der Waals surface area contributed by atoms with E-state index in [2.05, 4.69) is 5.32 Å². The van der Waals surface area contributed by atoms with Gasteiger partial charge in [-0.25, -0.2) is 4.79 Å². The molecule has 0 bridgehead atoms. The number of pyridine rings is 1. The number of phenolic OH excluding ortho intramolecular Hbond substituents is 1. The van der Waals surface area contributed by atoms with Gasteiger partial charge in [-0.1, -0.05) is 6.07 Å². The van der Waals surface area contributed by atoms with Crippen molar-refractivity contribution in [2.75, 3.05) is 17.6 Å². The molecule has 5 rings (SSSR count). The second kappa shape index (κ2) is 13.4. The molecule has 2 atom stereocenters. The molecular weight excluding hydrogens is 623 g/mol. The van der Waals surface area contributed by atoms with Gasteiger partial charge in [-0.15, -0.1) is 11.8 Å². The molecule has 3 aliphatic rings. The van der Waals surface area contributed by atoms with Crippen LogP contribution in [0.5, 0.6) is 5.75 Å². The van der Waals surface area contributed by atoms with E-state index in [1.807, 2.05) is 12.1 Å². The summed E-state index contributed by atoms with van der Waals surface area (Å²) in [5.41, 5.74) is 7.79. The second-order valence-corrected chi connectivity index (χ2v) is 11.1. The number of benzene rings is 1. The Hall–Kier alpha value is -4.90. The molecule has 238 valence electrons. The number of alkyl halides is 3. The molecule has 3 amide bonds. The Morgan fingerprint density at radius 2 is 1.84 bits per heavy atom. The van der Waals surface area contributed by atoms with Gasteiger partial charge >= 0.3 is 12.1 Å². The first kappa shape index (κ1) is 33.0. The number of likely N-dealkylation sites (tertiary alicyclic amines) is 1. The fourth-order valence-corrected chi connectivity index (χ4v) is 5.92. The number of amides is 3. The predicted molar refractivity (Wildman–Crippen MR) is 148 cm³/mol. The van der Waals surface area contributed by atoms with Gasteiger partial charge < -0.3 is 36.1 Å². The van der Waals surface area contributed by atoms with Gasteiger partial charge in [-0.05, 0) is 35.8 Å². The lowest BCUT2D eigenvalue weighted by molar-refractivity contribution is -0.684. The van der Waals surface area contributed by atoms with Crippen molar-refractivity contribution in [1.29, 1.82) is 0 Å². The Labute approximate surface area is 257 Å². The minimum absolute atomic E-state index is 0.0626. The van der Waals surface area contributed by atoms with Crippen molar-refractivity contribution >= 4 is 47.1 Å². The average molecular weight is 650 g/mol. The third kappa shape index (κ3) is 7.79. The number of aromatic nitrogens is 1. The van der Waals surface area contributed by atoms with Crippen molar-refractivity contribution in [3.63, 3.8) is 0 Å². The number of nitrogens with two attached hydrogens (primary N) is 1. The van der Waals surface area contributed by atoms with E-state index < -0.39 is 35.4 Å². The van der Waals surface area contributed by atoms with Crippen molar-refractivity contribution in [3.05, 3.63) is 77.3 Å². The Kier molecular flexibility index (Phi) is 9.82. The normalized spacial score (nSPS) is 20.3. The number of carboxylic acids is 2. The van der Waals surface area contributed by atoms with Gasteiger partial charge in [0.25, 0.3) is 5.91 Å². The van der Waals surface area contributed by atoms with Gasteiger partial charge in [-0.2, -0.15) is 17.7 Å². The molecule has 1 aromatic carbocycles. The highest BCUT2D eigenvalue weighted by molar-refractivity contribution is 8.00. The maximum Gasteiger partial charge on any atom is 0.490 e. The number of thioether (sulfide) groups is 1.